The third kappa shape index (κ3) is 3.69. The Kier molecular flexibility index (Phi) is 5.28. The van der Waals surface area contributed by atoms with Crippen LogP contribution in [0.2, 0.25) is 0 Å². The molecule has 0 aliphatic carbocycles. The van der Waals surface area contributed by atoms with Crippen molar-refractivity contribution in [2.75, 3.05) is 25.5 Å². The van der Waals surface area contributed by atoms with Gasteiger partial charge in [-0.2, -0.15) is 0 Å². The van der Waals surface area contributed by atoms with E-state index in [4.69, 9.17) is 10.5 Å². The van der Waals surface area contributed by atoms with E-state index in [0.29, 0.717) is 13.2 Å². The van der Waals surface area contributed by atoms with Gasteiger partial charge in [0.25, 0.3) is 0 Å². The first-order chi connectivity index (χ1) is 8.42. The van der Waals surface area contributed by atoms with Gasteiger partial charge in [0, 0.05) is 25.3 Å². The molecule has 2 heterocycles. The average Bonchev–Trinajstić information content (AvgIpc) is 2.59. The Hall–Kier alpha value is -0.590. The lowest BCUT2D eigenvalue weighted by atomic mass is 10.2. The van der Waals surface area contributed by atoms with E-state index < -0.39 is 0 Å². The Morgan fingerprint density at radius 1 is 1.24 bits per heavy atom. The van der Waals surface area contributed by atoms with Crippen LogP contribution in [0.25, 0.3) is 0 Å². The molecule has 0 spiro atoms. The summed E-state index contributed by atoms with van der Waals surface area (Å²) in [6, 6.07) is 0. The van der Waals surface area contributed by atoms with Gasteiger partial charge in [-0.1, -0.05) is 18.2 Å². The van der Waals surface area contributed by atoms with E-state index in [1.165, 1.54) is 19.3 Å². The second kappa shape index (κ2) is 6.98. The molecule has 0 atom stereocenters. The molecule has 0 saturated heterocycles. The molecule has 0 aromatic carbocycles. The summed E-state index contributed by atoms with van der Waals surface area (Å²) in [4.78, 5) is 0. The van der Waals surface area contributed by atoms with Crippen molar-refractivity contribution in [1.82, 2.24) is 14.8 Å². The molecular formula is C11H20N4OS. The third-order valence-corrected chi connectivity index (χ3v) is 3.73. The fraction of sp³-hybridized carbons (Fsp3) is 0.818. The highest BCUT2D eigenvalue weighted by molar-refractivity contribution is 7.99. The van der Waals surface area contributed by atoms with Crippen LogP contribution in [-0.4, -0.2) is 40.3 Å². The van der Waals surface area contributed by atoms with Crippen molar-refractivity contribution in [2.45, 2.75) is 37.4 Å². The van der Waals surface area contributed by atoms with Crippen LogP contribution >= 0.6 is 11.8 Å². The maximum atomic E-state index is 5.36. The Morgan fingerprint density at radius 2 is 2.18 bits per heavy atom. The van der Waals surface area contributed by atoms with Crippen LogP contribution < -0.4 is 5.73 Å². The molecule has 17 heavy (non-hydrogen) atoms. The molecular weight excluding hydrogens is 236 g/mol. The van der Waals surface area contributed by atoms with Crippen molar-refractivity contribution in [3.8, 4) is 0 Å². The van der Waals surface area contributed by atoms with Crippen molar-refractivity contribution in [2.24, 2.45) is 5.73 Å². The Balaban J connectivity index is 1.82. The predicted octanol–water partition coefficient (Wildman–Crippen LogP) is 1.07. The Morgan fingerprint density at radius 3 is 3.06 bits per heavy atom. The summed E-state index contributed by atoms with van der Waals surface area (Å²) in [7, 11) is 0. The molecule has 1 aromatic heterocycles. The lowest BCUT2D eigenvalue weighted by Gasteiger charge is -2.06. The van der Waals surface area contributed by atoms with Gasteiger partial charge in [0.15, 0.2) is 5.16 Å². The number of fused-ring (bicyclic) bond motifs is 1. The highest BCUT2D eigenvalue weighted by atomic mass is 32.2. The number of hydrogen-bond donors (Lipinski definition) is 1. The zero-order chi connectivity index (χ0) is 11.9. The van der Waals surface area contributed by atoms with Crippen LogP contribution in [0.4, 0.5) is 0 Å². The number of aromatic nitrogens is 3. The molecule has 1 aromatic rings. The van der Waals surface area contributed by atoms with Crippen molar-refractivity contribution in [3.63, 3.8) is 0 Å². The molecule has 96 valence electrons. The van der Waals surface area contributed by atoms with E-state index in [-0.39, 0.29) is 0 Å². The van der Waals surface area contributed by atoms with Crippen LogP contribution in [0.15, 0.2) is 5.16 Å². The highest BCUT2D eigenvalue weighted by Gasteiger charge is 2.14. The van der Waals surface area contributed by atoms with E-state index >= 15 is 0 Å². The summed E-state index contributed by atoms with van der Waals surface area (Å²) < 4.78 is 7.61. The number of nitrogens with two attached hydrogens (primary N) is 1. The molecule has 1 aliphatic heterocycles. The van der Waals surface area contributed by atoms with Crippen molar-refractivity contribution < 1.29 is 4.74 Å². The first kappa shape index (κ1) is 12.9. The molecule has 2 rings (SSSR count). The predicted molar refractivity (Wildman–Crippen MR) is 68.2 cm³/mol. The minimum absolute atomic E-state index is 0.588. The average molecular weight is 256 g/mol. The monoisotopic (exact) mass is 256 g/mol. The van der Waals surface area contributed by atoms with Crippen LogP contribution in [0.5, 0.6) is 0 Å². The molecule has 0 fully saturated rings. The third-order valence-electron chi connectivity index (χ3n) is 2.80. The number of thioether (sulfide) groups is 1. The van der Waals surface area contributed by atoms with E-state index in [1.54, 1.807) is 11.8 Å². The van der Waals surface area contributed by atoms with Gasteiger partial charge >= 0.3 is 0 Å². The number of hydrogen-bond acceptors (Lipinski definition) is 5. The lowest BCUT2D eigenvalue weighted by molar-refractivity contribution is 0.158. The Labute approximate surface area is 106 Å². The molecule has 6 heteroatoms. The second-order valence-corrected chi connectivity index (χ2v) is 5.17. The lowest BCUT2D eigenvalue weighted by Crippen LogP contribution is -2.10. The fourth-order valence-electron chi connectivity index (χ4n) is 1.94. The van der Waals surface area contributed by atoms with Gasteiger partial charge in [-0.25, -0.2) is 0 Å². The van der Waals surface area contributed by atoms with Crippen LogP contribution in [0, 0.1) is 0 Å². The van der Waals surface area contributed by atoms with Crippen LogP contribution in [0.3, 0.4) is 0 Å². The fourth-order valence-corrected chi connectivity index (χ4v) is 2.78. The maximum absolute atomic E-state index is 5.36. The molecule has 0 saturated carbocycles. The van der Waals surface area contributed by atoms with Gasteiger partial charge in [0.05, 0.1) is 13.2 Å². The zero-order valence-corrected chi connectivity index (χ0v) is 10.9. The number of rotatable bonds is 6. The number of nitrogens with zero attached hydrogens (tertiary/aromatic N) is 3. The minimum atomic E-state index is 0.588. The van der Waals surface area contributed by atoms with E-state index in [2.05, 4.69) is 14.8 Å². The molecule has 5 nitrogen and oxygen atoms in total. The minimum Gasteiger partial charge on any atom is -0.379 e. The quantitative estimate of drug-likeness (QED) is 0.609. The summed E-state index contributed by atoms with van der Waals surface area (Å²) in [5.41, 5.74) is 5.36. The van der Waals surface area contributed by atoms with Gasteiger partial charge in [-0.3, -0.25) is 0 Å². The summed E-state index contributed by atoms with van der Waals surface area (Å²) in [6.45, 7) is 3.02. The molecule has 0 bridgehead atoms. The van der Waals surface area contributed by atoms with Crippen molar-refractivity contribution in [1.29, 1.82) is 0 Å². The van der Waals surface area contributed by atoms with Gasteiger partial charge in [0.2, 0.25) is 0 Å². The van der Waals surface area contributed by atoms with Gasteiger partial charge < -0.3 is 15.0 Å². The number of aryl methyl sites for hydroxylation is 1. The Bertz CT molecular complexity index is 342. The van der Waals surface area contributed by atoms with E-state index in [9.17, 15) is 0 Å². The smallest absolute Gasteiger partial charge is 0.191 e. The first-order valence-electron chi connectivity index (χ1n) is 6.24. The van der Waals surface area contributed by atoms with Crippen molar-refractivity contribution in [3.05, 3.63) is 5.82 Å². The summed E-state index contributed by atoms with van der Waals surface area (Å²) >= 11 is 1.72. The normalized spacial score (nSPS) is 15.6. The van der Waals surface area contributed by atoms with E-state index in [1.807, 2.05) is 0 Å². The zero-order valence-electron chi connectivity index (χ0n) is 10.1. The van der Waals surface area contributed by atoms with Gasteiger partial charge in [-0.15, -0.1) is 10.2 Å². The van der Waals surface area contributed by atoms with Crippen LogP contribution in [0.1, 0.15) is 25.1 Å². The summed E-state index contributed by atoms with van der Waals surface area (Å²) in [6.07, 6.45) is 4.84. The summed E-state index contributed by atoms with van der Waals surface area (Å²) in [5, 5.41) is 9.56. The van der Waals surface area contributed by atoms with Crippen molar-refractivity contribution >= 4 is 11.8 Å². The SMILES string of the molecule is NCCOCCSc1nnc2n1CCCCC2. The molecule has 0 amide bonds. The first-order valence-corrected chi connectivity index (χ1v) is 7.23. The topological polar surface area (TPSA) is 66.0 Å². The standard InChI is InChI=1S/C11H20N4OS/c12-5-7-16-8-9-17-11-14-13-10-4-2-1-3-6-15(10)11/h1-9,12H2. The van der Waals surface area contributed by atoms with Crippen LogP contribution in [-0.2, 0) is 17.7 Å². The van der Waals surface area contributed by atoms with Gasteiger partial charge in [0.1, 0.15) is 5.82 Å². The number of ether oxygens (including phenoxy) is 1. The second-order valence-electron chi connectivity index (χ2n) is 4.11. The molecule has 0 unspecified atom stereocenters. The largest absolute Gasteiger partial charge is 0.379 e. The molecule has 2 N–H and O–H groups in total. The molecule has 1 aliphatic rings. The molecule has 0 radical (unpaired) electrons. The maximum Gasteiger partial charge on any atom is 0.191 e. The van der Waals surface area contributed by atoms with Gasteiger partial charge in [-0.05, 0) is 12.8 Å². The summed E-state index contributed by atoms with van der Waals surface area (Å²) in [5.74, 6) is 2.06. The highest BCUT2D eigenvalue weighted by Crippen LogP contribution is 2.21. The van der Waals surface area contributed by atoms with E-state index in [0.717, 1.165) is 36.3 Å².